The van der Waals surface area contributed by atoms with Gasteiger partial charge in [0.25, 0.3) is 0 Å². The molecule has 1 N–H and O–H groups in total. The molecule has 1 amide bonds. The van der Waals surface area contributed by atoms with Crippen molar-refractivity contribution < 1.29 is 13.9 Å². The maximum atomic E-state index is 13.7. The average Bonchev–Trinajstić information content (AvgIpc) is 3.09. The minimum absolute atomic E-state index is 0.0190. The molecule has 2 aliphatic rings. The van der Waals surface area contributed by atoms with E-state index in [0.717, 1.165) is 32.5 Å². The van der Waals surface area contributed by atoms with Gasteiger partial charge in [0.05, 0.1) is 0 Å². The van der Waals surface area contributed by atoms with E-state index in [4.69, 9.17) is 4.74 Å². The molecule has 2 heterocycles. The highest BCUT2D eigenvalue weighted by molar-refractivity contribution is 7.15. The van der Waals surface area contributed by atoms with E-state index in [9.17, 15) is 9.18 Å². The first kappa shape index (κ1) is 15.7. The zero-order valence-electron chi connectivity index (χ0n) is 13.1. The van der Waals surface area contributed by atoms with E-state index in [1.54, 1.807) is 18.2 Å². The number of halogens is 1. The number of rotatable bonds is 4. The van der Waals surface area contributed by atoms with Gasteiger partial charge in [-0.1, -0.05) is 29.5 Å². The lowest BCUT2D eigenvalue weighted by molar-refractivity contribution is -0.118. The molecule has 2 fully saturated rings. The summed E-state index contributed by atoms with van der Waals surface area (Å²) < 4.78 is 19.1. The fourth-order valence-electron chi connectivity index (χ4n) is 3.42. The van der Waals surface area contributed by atoms with Crippen molar-refractivity contribution in [3.63, 3.8) is 0 Å². The number of nitrogens with zero attached hydrogens (tertiary/aromatic N) is 2. The predicted molar refractivity (Wildman–Crippen MR) is 88.3 cm³/mol. The molecule has 1 aromatic carbocycles. The molecule has 1 unspecified atom stereocenters. The smallest absolute Gasteiger partial charge is 0.229 e. The number of ether oxygens (including phenoxy) is 1. The molecule has 1 spiro atoms. The second-order valence-electron chi connectivity index (χ2n) is 6.49. The molecule has 2 aromatic rings. The van der Waals surface area contributed by atoms with E-state index in [0.29, 0.717) is 22.1 Å². The van der Waals surface area contributed by atoms with Crippen molar-refractivity contribution in [2.75, 3.05) is 18.5 Å². The summed E-state index contributed by atoms with van der Waals surface area (Å²) in [6, 6.07) is 6.61. The van der Waals surface area contributed by atoms with Crippen LogP contribution in [0.1, 0.15) is 29.8 Å². The summed E-state index contributed by atoms with van der Waals surface area (Å²) in [5, 5.41) is 12.1. The summed E-state index contributed by atoms with van der Waals surface area (Å²) >= 11 is 1.30. The molecular weight excluding hydrogens is 329 g/mol. The molecule has 1 atom stereocenters. The van der Waals surface area contributed by atoms with Gasteiger partial charge < -0.3 is 10.1 Å². The number of benzene rings is 1. The molecule has 1 aliphatic heterocycles. The standard InChI is InChI=1S/C17H18FN3O2S/c18-13-4-2-1-3-11(13)9-14-20-21-16(24-14)19-15(22)12-10-17(12)5-7-23-8-6-17/h1-4,12H,5-10H2,(H,19,21,22). The summed E-state index contributed by atoms with van der Waals surface area (Å²) in [4.78, 5) is 12.4. The highest BCUT2D eigenvalue weighted by atomic mass is 32.1. The van der Waals surface area contributed by atoms with Crippen LogP contribution in [0.4, 0.5) is 9.52 Å². The van der Waals surface area contributed by atoms with Gasteiger partial charge >= 0.3 is 0 Å². The molecule has 126 valence electrons. The Balaban J connectivity index is 1.37. The van der Waals surface area contributed by atoms with Crippen LogP contribution in [0.25, 0.3) is 0 Å². The van der Waals surface area contributed by atoms with E-state index in [2.05, 4.69) is 15.5 Å². The monoisotopic (exact) mass is 347 g/mol. The van der Waals surface area contributed by atoms with Crippen LogP contribution in [0, 0.1) is 17.2 Å². The van der Waals surface area contributed by atoms with Gasteiger partial charge in [-0.3, -0.25) is 4.79 Å². The number of aromatic nitrogens is 2. The minimum atomic E-state index is -0.252. The van der Waals surface area contributed by atoms with Crippen LogP contribution < -0.4 is 5.32 Å². The number of amides is 1. The van der Waals surface area contributed by atoms with Gasteiger partial charge in [-0.05, 0) is 36.3 Å². The molecular formula is C17H18FN3O2S. The van der Waals surface area contributed by atoms with Crippen molar-refractivity contribution in [2.45, 2.75) is 25.7 Å². The Labute approximate surface area is 143 Å². The maximum absolute atomic E-state index is 13.7. The summed E-state index contributed by atoms with van der Waals surface area (Å²) in [5.74, 6) is -0.177. The van der Waals surface area contributed by atoms with Gasteiger partial charge in [0, 0.05) is 25.6 Å². The fraction of sp³-hybridized carbons (Fsp3) is 0.471. The SMILES string of the molecule is O=C(Nc1nnc(Cc2ccccc2F)s1)C1CC12CCOCC2. The Morgan fingerprint density at radius 1 is 1.33 bits per heavy atom. The summed E-state index contributed by atoms with van der Waals surface area (Å²) in [7, 11) is 0. The first-order valence-corrected chi connectivity index (χ1v) is 8.92. The van der Waals surface area contributed by atoms with Gasteiger partial charge in [-0.2, -0.15) is 0 Å². The largest absolute Gasteiger partial charge is 0.381 e. The first-order chi connectivity index (χ1) is 11.7. The fourth-order valence-corrected chi connectivity index (χ4v) is 4.19. The van der Waals surface area contributed by atoms with Crippen molar-refractivity contribution in [1.29, 1.82) is 0 Å². The van der Waals surface area contributed by atoms with Gasteiger partial charge in [-0.25, -0.2) is 4.39 Å². The third-order valence-corrected chi connectivity index (χ3v) is 5.83. The van der Waals surface area contributed by atoms with Gasteiger partial charge in [0.15, 0.2) is 0 Å². The second-order valence-corrected chi connectivity index (χ2v) is 7.55. The Morgan fingerprint density at radius 2 is 2.12 bits per heavy atom. The number of anilines is 1. The van der Waals surface area contributed by atoms with Gasteiger partial charge in [0.2, 0.25) is 11.0 Å². The summed E-state index contributed by atoms with van der Waals surface area (Å²) in [5.41, 5.74) is 0.720. The van der Waals surface area contributed by atoms with Crippen molar-refractivity contribution in [3.8, 4) is 0 Å². The molecule has 7 heteroatoms. The summed E-state index contributed by atoms with van der Waals surface area (Å²) in [6.45, 7) is 1.49. The summed E-state index contributed by atoms with van der Waals surface area (Å²) in [6.07, 6.45) is 3.23. The van der Waals surface area contributed by atoms with E-state index in [1.807, 2.05) is 0 Å². The molecule has 0 bridgehead atoms. The lowest BCUT2D eigenvalue weighted by Gasteiger charge is -2.22. The lowest BCUT2D eigenvalue weighted by Crippen LogP contribution is -2.24. The molecule has 1 saturated heterocycles. The molecule has 24 heavy (non-hydrogen) atoms. The topological polar surface area (TPSA) is 64.1 Å². The van der Waals surface area contributed by atoms with Crippen LogP contribution in [0.5, 0.6) is 0 Å². The van der Waals surface area contributed by atoms with Gasteiger partial charge in [0.1, 0.15) is 10.8 Å². The number of nitrogens with one attached hydrogen (secondary N) is 1. The number of carbonyl (C=O) groups is 1. The Hall–Kier alpha value is -1.86. The highest BCUT2D eigenvalue weighted by Crippen LogP contribution is 2.59. The highest BCUT2D eigenvalue weighted by Gasteiger charge is 2.58. The van der Waals surface area contributed by atoms with Crippen molar-refractivity contribution in [3.05, 3.63) is 40.7 Å². The van der Waals surface area contributed by atoms with E-state index in [-0.39, 0.29) is 23.1 Å². The van der Waals surface area contributed by atoms with Gasteiger partial charge in [-0.15, -0.1) is 10.2 Å². The van der Waals surface area contributed by atoms with Crippen LogP contribution in [0.15, 0.2) is 24.3 Å². The Bertz CT molecular complexity index is 758. The molecule has 1 saturated carbocycles. The molecule has 1 aliphatic carbocycles. The average molecular weight is 347 g/mol. The van der Waals surface area contributed by atoms with Crippen LogP contribution >= 0.6 is 11.3 Å². The molecule has 5 nitrogen and oxygen atoms in total. The first-order valence-electron chi connectivity index (χ1n) is 8.11. The second kappa shape index (κ2) is 6.22. The van der Waals surface area contributed by atoms with Crippen LogP contribution in [0.2, 0.25) is 0 Å². The molecule has 0 radical (unpaired) electrons. The zero-order valence-corrected chi connectivity index (χ0v) is 13.9. The molecule has 1 aromatic heterocycles. The predicted octanol–water partition coefficient (Wildman–Crippen LogP) is 3.02. The van der Waals surface area contributed by atoms with Crippen molar-refractivity contribution in [2.24, 2.45) is 11.3 Å². The maximum Gasteiger partial charge on any atom is 0.229 e. The van der Waals surface area contributed by atoms with E-state index >= 15 is 0 Å². The number of hydrogen-bond donors (Lipinski definition) is 1. The van der Waals surface area contributed by atoms with Crippen molar-refractivity contribution >= 4 is 22.4 Å². The van der Waals surface area contributed by atoms with Crippen LogP contribution in [0.3, 0.4) is 0 Å². The number of carbonyl (C=O) groups excluding carboxylic acids is 1. The van der Waals surface area contributed by atoms with Crippen LogP contribution in [-0.2, 0) is 16.0 Å². The zero-order chi connectivity index (χ0) is 16.6. The third kappa shape index (κ3) is 3.06. The quantitative estimate of drug-likeness (QED) is 0.923. The lowest BCUT2D eigenvalue weighted by atomic mass is 9.94. The van der Waals surface area contributed by atoms with E-state index in [1.165, 1.54) is 17.4 Å². The van der Waals surface area contributed by atoms with Crippen LogP contribution in [-0.4, -0.2) is 29.3 Å². The Kier molecular flexibility index (Phi) is 4.05. The minimum Gasteiger partial charge on any atom is -0.381 e. The van der Waals surface area contributed by atoms with E-state index < -0.39 is 0 Å². The van der Waals surface area contributed by atoms with Crippen molar-refractivity contribution in [1.82, 2.24) is 10.2 Å². The Morgan fingerprint density at radius 3 is 2.92 bits per heavy atom. The molecule has 4 rings (SSSR count). The normalized spacial score (nSPS) is 21.6. The third-order valence-electron chi connectivity index (χ3n) is 4.99. The number of hydrogen-bond acceptors (Lipinski definition) is 5.